The molecule has 100 valence electrons. The van der Waals surface area contributed by atoms with E-state index in [0.29, 0.717) is 12.1 Å². The van der Waals surface area contributed by atoms with Crippen LogP contribution in [-0.2, 0) is 6.42 Å². The van der Waals surface area contributed by atoms with E-state index in [9.17, 15) is 15.0 Å². The normalized spacial score (nSPS) is 9.75. The number of anilines is 1. The molecule has 0 aromatic heterocycles. The predicted octanol–water partition coefficient (Wildman–Crippen LogP) is 2.42. The van der Waals surface area contributed by atoms with Crippen molar-refractivity contribution < 1.29 is 15.0 Å². The fourth-order valence-corrected chi connectivity index (χ4v) is 1.67. The van der Waals surface area contributed by atoms with Crippen molar-refractivity contribution >= 4 is 11.6 Å². The molecule has 5 heteroatoms. The lowest BCUT2D eigenvalue weighted by Crippen LogP contribution is -2.11. The molecule has 0 radical (unpaired) electrons. The van der Waals surface area contributed by atoms with Crippen molar-refractivity contribution in [3.63, 3.8) is 0 Å². The zero-order valence-electron chi connectivity index (χ0n) is 10.5. The second-order valence-corrected chi connectivity index (χ2v) is 4.19. The van der Waals surface area contributed by atoms with E-state index in [4.69, 9.17) is 5.26 Å². The first-order chi connectivity index (χ1) is 9.60. The lowest BCUT2D eigenvalue weighted by atomic mass is 10.1. The van der Waals surface area contributed by atoms with Crippen LogP contribution in [0, 0.1) is 11.3 Å². The largest absolute Gasteiger partial charge is 0.504 e. The molecule has 0 aliphatic rings. The molecule has 3 N–H and O–H groups in total. The van der Waals surface area contributed by atoms with Gasteiger partial charge in [-0.2, -0.15) is 5.26 Å². The Bertz CT molecular complexity index is 673. The number of carbonyl (C=O) groups excluding carboxylic acids is 1. The highest BCUT2D eigenvalue weighted by atomic mass is 16.3. The van der Waals surface area contributed by atoms with Crippen LogP contribution in [0.25, 0.3) is 0 Å². The fourth-order valence-electron chi connectivity index (χ4n) is 1.67. The first-order valence-electron chi connectivity index (χ1n) is 5.89. The summed E-state index contributed by atoms with van der Waals surface area (Å²) in [7, 11) is 0. The average Bonchev–Trinajstić information content (AvgIpc) is 2.44. The van der Waals surface area contributed by atoms with E-state index in [-0.39, 0.29) is 17.1 Å². The Hall–Kier alpha value is -3.00. The number of nitriles is 1. The maximum atomic E-state index is 11.9. The monoisotopic (exact) mass is 268 g/mol. The number of benzene rings is 2. The minimum atomic E-state index is -0.395. The molecule has 5 nitrogen and oxygen atoms in total. The van der Waals surface area contributed by atoms with E-state index in [0.717, 1.165) is 5.56 Å². The molecule has 2 aromatic rings. The minimum Gasteiger partial charge on any atom is -0.504 e. The van der Waals surface area contributed by atoms with Crippen molar-refractivity contribution in [2.45, 2.75) is 6.42 Å². The van der Waals surface area contributed by atoms with Gasteiger partial charge in [0.2, 0.25) is 0 Å². The van der Waals surface area contributed by atoms with Gasteiger partial charge >= 0.3 is 0 Å². The van der Waals surface area contributed by atoms with Crippen LogP contribution in [0.15, 0.2) is 42.5 Å². The SMILES string of the molecule is N#CCc1ccc(NC(=O)c2ccc(O)c(O)c2)cc1. The van der Waals surface area contributed by atoms with Gasteiger partial charge in [0.15, 0.2) is 11.5 Å². The van der Waals surface area contributed by atoms with Crippen molar-refractivity contribution in [1.29, 1.82) is 5.26 Å². The quantitative estimate of drug-likeness (QED) is 0.745. The van der Waals surface area contributed by atoms with Gasteiger partial charge < -0.3 is 15.5 Å². The molecule has 0 saturated carbocycles. The number of nitrogens with zero attached hydrogens (tertiary/aromatic N) is 1. The molecule has 0 unspecified atom stereocenters. The first-order valence-corrected chi connectivity index (χ1v) is 5.89. The summed E-state index contributed by atoms with van der Waals surface area (Å²) < 4.78 is 0. The zero-order chi connectivity index (χ0) is 14.5. The molecule has 0 bridgehead atoms. The zero-order valence-corrected chi connectivity index (χ0v) is 10.5. The van der Waals surface area contributed by atoms with Crippen molar-refractivity contribution in [1.82, 2.24) is 0 Å². The standard InChI is InChI=1S/C15H12N2O3/c16-8-7-10-1-4-12(5-2-10)17-15(20)11-3-6-13(18)14(19)9-11/h1-6,9,18-19H,7H2,(H,17,20). The van der Waals surface area contributed by atoms with E-state index < -0.39 is 5.91 Å². The highest BCUT2D eigenvalue weighted by Gasteiger charge is 2.09. The molecule has 0 heterocycles. The molecule has 0 atom stereocenters. The molecule has 0 saturated heterocycles. The van der Waals surface area contributed by atoms with Crippen LogP contribution in [0.1, 0.15) is 15.9 Å². The predicted molar refractivity (Wildman–Crippen MR) is 73.5 cm³/mol. The van der Waals surface area contributed by atoms with E-state index in [1.54, 1.807) is 24.3 Å². The second kappa shape index (κ2) is 5.76. The summed E-state index contributed by atoms with van der Waals surface area (Å²) >= 11 is 0. The smallest absolute Gasteiger partial charge is 0.255 e. The Morgan fingerprint density at radius 2 is 1.80 bits per heavy atom. The highest BCUT2D eigenvalue weighted by Crippen LogP contribution is 2.25. The van der Waals surface area contributed by atoms with Gasteiger partial charge in [0.25, 0.3) is 5.91 Å². The maximum Gasteiger partial charge on any atom is 0.255 e. The van der Waals surface area contributed by atoms with Crippen LogP contribution in [0.3, 0.4) is 0 Å². The van der Waals surface area contributed by atoms with E-state index in [2.05, 4.69) is 5.32 Å². The van der Waals surface area contributed by atoms with Gasteiger partial charge in [-0.15, -0.1) is 0 Å². The lowest BCUT2D eigenvalue weighted by Gasteiger charge is -2.06. The van der Waals surface area contributed by atoms with Gasteiger partial charge in [0.1, 0.15) is 0 Å². The Kier molecular flexibility index (Phi) is 3.87. The number of amides is 1. The number of nitrogens with one attached hydrogen (secondary N) is 1. The molecule has 2 aromatic carbocycles. The van der Waals surface area contributed by atoms with Crippen molar-refractivity contribution in [2.75, 3.05) is 5.32 Å². The van der Waals surface area contributed by atoms with E-state index in [1.165, 1.54) is 18.2 Å². The summed E-state index contributed by atoms with van der Waals surface area (Å²) in [4.78, 5) is 11.9. The topological polar surface area (TPSA) is 93.4 Å². The molecule has 0 spiro atoms. The Labute approximate surface area is 115 Å². The first kappa shape index (κ1) is 13.4. The van der Waals surface area contributed by atoms with Crippen LogP contribution in [0.4, 0.5) is 5.69 Å². The molecule has 2 rings (SSSR count). The van der Waals surface area contributed by atoms with Gasteiger partial charge in [-0.05, 0) is 35.9 Å². The third kappa shape index (κ3) is 3.06. The Balaban J connectivity index is 2.11. The maximum absolute atomic E-state index is 11.9. The van der Waals surface area contributed by atoms with Gasteiger partial charge in [-0.1, -0.05) is 12.1 Å². The summed E-state index contributed by atoms with van der Waals surface area (Å²) in [6, 6.07) is 12.8. The Morgan fingerprint density at radius 1 is 1.10 bits per heavy atom. The van der Waals surface area contributed by atoms with E-state index in [1.807, 2.05) is 6.07 Å². The third-order valence-corrected chi connectivity index (χ3v) is 2.73. The van der Waals surface area contributed by atoms with Gasteiger partial charge in [-0.3, -0.25) is 4.79 Å². The number of carbonyl (C=O) groups is 1. The number of aromatic hydroxyl groups is 2. The number of phenolic OH excluding ortho intramolecular Hbond substituents is 2. The minimum absolute atomic E-state index is 0.237. The third-order valence-electron chi connectivity index (χ3n) is 2.73. The van der Waals surface area contributed by atoms with Gasteiger partial charge in [0, 0.05) is 11.3 Å². The van der Waals surface area contributed by atoms with Crippen LogP contribution >= 0.6 is 0 Å². The molecule has 0 aliphatic heterocycles. The van der Waals surface area contributed by atoms with Crippen LogP contribution < -0.4 is 5.32 Å². The summed E-state index contributed by atoms with van der Waals surface area (Å²) in [6.07, 6.45) is 0.320. The molecule has 20 heavy (non-hydrogen) atoms. The average molecular weight is 268 g/mol. The lowest BCUT2D eigenvalue weighted by molar-refractivity contribution is 0.102. The Morgan fingerprint density at radius 3 is 2.40 bits per heavy atom. The molecule has 0 aliphatic carbocycles. The van der Waals surface area contributed by atoms with Crippen LogP contribution in [0.5, 0.6) is 11.5 Å². The van der Waals surface area contributed by atoms with Crippen molar-refractivity contribution in [2.24, 2.45) is 0 Å². The number of phenols is 2. The number of hydrogen-bond acceptors (Lipinski definition) is 4. The number of hydrogen-bond donors (Lipinski definition) is 3. The molecule has 1 amide bonds. The van der Waals surface area contributed by atoms with Crippen molar-refractivity contribution in [3.05, 3.63) is 53.6 Å². The van der Waals surface area contributed by atoms with Crippen LogP contribution in [0.2, 0.25) is 0 Å². The summed E-state index contributed by atoms with van der Waals surface area (Å²) in [5.74, 6) is -1.02. The second-order valence-electron chi connectivity index (χ2n) is 4.19. The highest BCUT2D eigenvalue weighted by molar-refractivity contribution is 6.04. The fraction of sp³-hybridized carbons (Fsp3) is 0.0667. The van der Waals surface area contributed by atoms with E-state index >= 15 is 0 Å². The molecule has 0 fully saturated rings. The van der Waals surface area contributed by atoms with Crippen LogP contribution in [-0.4, -0.2) is 16.1 Å². The summed E-state index contributed by atoms with van der Waals surface area (Å²) in [5.41, 5.74) is 1.69. The van der Waals surface area contributed by atoms with Gasteiger partial charge in [0.05, 0.1) is 12.5 Å². The summed E-state index contributed by atoms with van der Waals surface area (Å²) in [5, 5.41) is 29.8. The molecular formula is C15H12N2O3. The van der Waals surface area contributed by atoms with Gasteiger partial charge in [-0.25, -0.2) is 0 Å². The number of rotatable bonds is 3. The molecular weight excluding hydrogens is 256 g/mol. The van der Waals surface area contributed by atoms with Crippen molar-refractivity contribution in [3.8, 4) is 17.6 Å². The summed E-state index contributed by atoms with van der Waals surface area (Å²) in [6.45, 7) is 0.